The van der Waals surface area contributed by atoms with Crippen molar-refractivity contribution in [3.8, 4) is 5.75 Å². The number of carbonyl (C=O) groups is 1. The van der Waals surface area contributed by atoms with Crippen LogP contribution in [0, 0.1) is 11.8 Å². The molecular formula is C24H36N2O3. The summed E-state index contributed by atoms with van der Waals surface area (Å²) in [5.41, 5.74) is 3.01. The summed E-state index contributed by atoms with van der Waals surface area (Å²) in [6, 6.07) is 6.76. The van der Waals surface area contributed by atoms with Crippen LogP contribution >= 0.6 is 0 Å². The predicted molar refractivity (Wildman–Crippen MR) is 115 cm³/mol. The normalized spacial score (nSPS) is 30.1. The average molecular weight is 401 g/mol. The van der Waals surface area contributed by atoms with Crippen LogP contribution in [0.4, 0.5) is 0 Å². The summed E-state index contributed by atoms with van der Waals surface area (Å²) >= 11 is 0. The largest absolute Gasteiger partial charge is 0.497 e. The lowest BCUT2D eigenvalue weighted by atomic mass is 9.56. The van der Waals surface area contributed by atoms with Crippen LogP contribution in [0.25, 0.3) is 0 Å². The van der Waals surface area contributed by atoms with Crippen molar-refractivity contribution < 1.29 is 14.6 Å². The van der Waals surface area contributed by atoms with Crippen LogP contribution in [0.15, 0.2) is 18.2 Å². The van der Waals surface area contributed by atoms with Gasteiger partial charge in [0.15, 0.2) is 0 Å². The van der Waals surface area contributed by atoms with Crippen molar-refractivity contribution in [1.29, 1.82) is 0 Å². The van der Waals surface area contributed by atoms with Crippen LogP contribution in [0.2, 0.25) is 0 Å². The highest BCUT2D eigenvalue weighted by molar-refractivity contribution is 5.72. The molecule has 4 atom stereocenters. The van der Waals surface area contributed by atoms with Gasteiger partial charge in [-0.1, -0.05) is 13.0 Å². The van der Waals surface area contributed by atoms with E-state index in [1.54, 1.807) is 14.0 Å². The number of ether oxygens (including phenoxy) is 1. The van der Waals surface area contributed by atoms with Crippen LogP contribution in [0.1, 0.15) is 50.7 Å². The first-order valence-electron chi connectivity index (χ1n) is 11.2. The summed E-state index contributed by atoms with van der Waals surface area (Å²) in [7, 11) is 3.68. The highest BCUT2D eigenvalue weighted by Crippen LogP contribution is 2.52. The number of likely N-dealkylation sites (N-methyl/N-ethyl adjacent to an activating group) is 1. The van der Waals surface area contributed by atoms with E-state index < -0.39 is 12.0 Å². The zero-order valence-electron chi connectivity index (χ0n) is 18.4. The highest BCUT2D eigenvalue weighted by atomic mass is 16.5. The number of benzene rings is 1. The average Bonchev–Trinajstić information content (AvgIpc) is 3.53. The number of fused-ring (bicyclic) bond motifs is 4. The van der Waals surface area contributed by atoms with Crippen molar-refractivity contribution in [2.75, 3.05) is 33.8 Å². The van der Waals surface area contributed by atoms with Crippen molar-refractivity contribution in [3.63, 3.8) is 0 Å². The predicted octanol–water partition coefficient (Wildman–Crippen LogP) is 3.40. The minimum atomic E-state index is -0.749. The van der Waals surface area contributed by atoms with Gasteiger partial charge in [0.1, 0.15) is 11.8 Å². The number of methoxy groups -OCH3 is 1. The third kappa shape index (κ3) is 3.79. The molecule has 160 valence electrons. The highest BCUT2D eigenvalue weighted by Gasteiger charge is 2.51. The summed E-state index contributed by atoms with van der Waals surface area (Å²) in [6.07, 6.45) is 6.06. The van der Waals surface area contributed by atoms with Gasteiger partial charge in [-0.05, 0) is 94.3 Å². The van der Waals surface area contributed by atoms with Crippen LogP contribution in [0.3, 0.4) is 0 Å². The number of carboxylic acid groups (broad SMARTS) is 1. The first-order chi connectivity index (χ1) is 13.9. The number of piperidine rings is 1. The summed E-state index contributed by atoms with van der Waals surface area (Å²) in [5, 5.41) is 9.40. The third-order valence-electron chi connectivity index (χ3n) is 8.16. The van der Waals surface area contributed by atoms with Gasteiger partial charge in [0, 0.05) is 18.0 Å². The molecule has 0 aromatic heterocycles. The molecule has 5 heteroatoms. The minimum Gasteiger partial charge on any atom is -0.497 e. The van der Waals surface area contributed by atoms with E-state index in [0.717, 1.165) is 44.0 Å². The molecule has 0 amide bonds. The maximum atomic E-state index is 11.4. The Balaban J connectivity index is 1.64. The Morgan fingerprint density at radius 3 is 2.83 bits per heavy atom. The number of aliphatic carboxylic acids is 1. The Kier molecular flexibility index (Phi) is 5.64. The number of hydrogen-bond donors (Lipinski definition) is 1. The molecule has 0 radical (unpaired) electrons. The van der Waals surface area contributed by atoms with E-state index in [4.69, 9.17) is 4.74 Å². The smallest absolute Gasteiger partial charge is 0.320 e. The fourth-order valence-electron chi connectivity index (χ4n) is 5.76. The molecular weight excluding hydrogens is 364 g/mol. The lowest BCUT2D eigenvalue weighted by Gasteiger charge is -2.56. The minimum absolute atomic E-state index is 0.0966. The zero-order chi connectivity index (χ0) is 20.8. The molecule has 2 bridgehead atoms. The second-order valence-corrected chi connectivity index (χ2v) is 9.67. The number of rotatable bonds is 8. The lowest BCUT2D eigenvalue weighted by molar-refractivity contribution is -0.142. The first-order valence-corrected chi connectivity index (χ1v) is 11.2. The fraction of sp³-hybridized carbons (Fsp3) is 0.708. The number of nitrogens with zero attached hydrogens (tertiary/aromatic N) is 2. The third-order valence-corrected chi connectivity index (χ3v) is 8.16. The quantitative estimate of drug-likeness (QED) is 0.725. The van der Waals surface area contributed by atoms with Gasteiger partial charge in [0.25, 0.3) is 0 Å². The molecule has 1 saturated heterocycles. The van der Waals surface area contributed by atoms with E-state index >= 15 is 0 Å². The number of likely N-dealkylation sites (tertiary alicyclic amines) is 1. The lowest BCUT2D eigenvalue weighted by Crippen LogP contribution is -2.60. The number of carboxylic acids is 1. The second kappa shape index (κ2) is 7.92. The summed E-state index contributed by atoms with van der Waals surface area (Å²) in [4.78, 5) is 16.2. The summed E-state index contributed by atoms with van der Waals surface area (Å²) in [5.74, 6) is 1.65. The topological polar surface area (TPSA) is 53.0 Å². The van der Waals surface area contributed by atoms with Gasteiger partial charge < -0.3 is 9.84 Å². The molecule has 0 spiro atoms. The maximum absolute atomic E-state index is 11.4. The molecule has 3 aliphatic rings. The Morgan fingerprint density at radius 2 is 2.17 bits per heavy atom. The molecule has 29 heavy (non-hydrogen) atoms. The molecule has 1 saturated carbocycles. The molecule has 1 aromatic carbocycles. The SMILES string of the molecule is COc1ccc2c(c1)[C@]1(CCN(C)C(C)C(=O)O)CCN(CC3CC3)[C@H](C2)[C@@H]1C. The van der Waals surface area contributed by atoms with Crippen LogP contribution in [-0.2, 0) is 16.6 Å². The van der Waals surface area contributed by atoms with Gasteiger partial charge in [-0.25, -0.2) is 0 Å². The van der Waals surface area contributed by atoms with Crippen LogP contribution < -0.4 is 4.74 Å². The van der Waals surface area contributed by atoms with Crippen LogP contribution in [0.5, 0.6) is 5.75 Å². The van der Waals surface area contributed by atoms with Gasteiger partial charge in [0.05, 0.1) is 7.11 Å². The Bertz CT molecular complexity index is 762. The Morgan fingerprint density at radius 1 is 1.41 bits per heavy atom. The molecule has 4 rings (SSSR count). The molecule has 2 fully saturated rings. The Labute approximate surface area is 175 Å². The standard InChI is InChI=1S/C24H36N2O3/c1-16-22-13-19-7-8-20(29-4)14-21(19)24(16,9-11-25(3)17(2)23(27)28)10-12-26(22)15-18-5-6-18/h7-8,14,16-18,22H,5-6,9-13,15H2,1-4H3,(H,27,28)/t16-,17?,22+,24+/m0/s1. The molecule has 1 N–H and O–H groups in total. The van der Waals surface area contributed by atoms with Crippen molar-refractivity contribution >= 4 is 5.97 Å². The van der Waals surface area contributed by atoms with Crippen molar-refractivity contribution in [1.82, 2.24) is 9.80 Å². The molecule has 1 heterocycles. The monoisotopic (exact) mass is 400 g/mol. The van der Waals surface area contributed by atoms with Crippen molar-refractivity contribution in [2.45, 2.75) is 63.5 Å². The molecule has 1 aromatic rings. The Hall–Kier alpha value is -1.59. The van der Waals surface area contributed by atoms with E-state index in [9.17, 15) is 9.90 Å². The van der Waals surface area contributed by atoms with Crippen molar-refractivity contribution in [2.24, 2.45) is 11.8 Å². The summed E-state index contributed by atoms with van der Waals surface area (Å²) in [6.45, 7) is 7.42. The molecule has 5 nitrogen and oxygen atoms in total. The first kappa shape index (κ1) is 20.7. The van der Waals surface area contributed by atoms with Gasteiger partial charge in [0.2, 0.25) is 0 Å². The maximum Gasteiger partial charge on any atom is 0.320 e. The van der Waals surface area contributed by atoms with Crippen LogP contribution in [-0.4, -0.2) is 66.8 Å². The van der Waals surface area contributed by atoms with Gasteiger partial charge in [-0.15, -0.1) is 0 Å². The molecule has 1 unspecified atom stereocenters. The van der Waals surface area contributed by atoms with E-state index in [-0.39, 0.29) is 5.41 Å². The fourth-order valence-corrected chi connectivity index (χ4v) is 5.76. The van der Waals surface area contributed by atoms with E-state index in [1.165, 1.54) is 30.5 Å². The molecule has 1 aliphatic heterocycles. The molecule has 2 aliphatic carbocycles. The van der Waals surface area contributed by atoms with E-state index in [0.29, 0.717) is 12.0 Å². The van der Waals surface area contributed by atoms with Crippen molar-refractivity contribution in [3.05, 3.63) is 29.3 Å². The second-order valence-electron chi connectivity index (χ2n) is 9.67. The zero-order valence-corrected chi connectivity index (χ0v) is 18.4. The van der Waals surface area contributed by atoms with E-state index in [1.807, 2.05) is 11.9 Å². The van der Waals surface area contributed by atoms with E-state index in [2.05, 4.69) is 30.0 Å². The number of hydrogen-bond acceptors (Lipinski definition) is 4. The van der Waals surface area contributed by atoms with Gasteiger partial charge in [-0.2, -0.15) is 0 Å². The van der Waals surface area contributed by atoms with Gasteiger partial charge in [-0.3, -0.25) is 14.6 Å². The summed E-state index contributed by atoms with van der Waals surface area (Å²) < 4.78 is 5.58. The van der Waals surface area contributed by atoms with Gasteiger partial charge >= 0.3 is 5.97 Å².